The molecule has 1 unspecified atom stereocenters. The lowest BCUT2D eigenvalue weighted by Gasteiger charge is -2.29. The smallest absolute Gasteiger partial charge is 0.162 e. The molecule has 1 N–H and O–H groups in total. The van der Waals surface area contributed by atoms with Gasteiger partial charge in [-0.05, 0) is 31.2 Å². The summed E-state index contributed by atoms with van der Waals surface area (Å²) in [4.78, 5) is 14.0. The SMILES string of the molecule is CCC(=O)c1ccc(NC(C)CN2CCOCC2)cc1. The average molecular weight is 276 g/mol. The summed E-state index contributed by atoms with van der Waals surface area (Å²) in [5.74, 6) is 0.193. The molecular weight excluding hydrogens is 252 g/mol. The van der Waals surface area contributed by atoms with Crippen molar-refractivity contribution in [2.75, 3.05) is 38.2 Å². The van der Waals surface area contributed by atoms with E-state index in [2.05, 4.69) is 17.1 Å². The molecule has 4 nitrogen and oxygen atoms in total. The summed E-state index contributed by atoms with van der Waals surface area (Å²) < 4.78 is 5.35. The first-order valence-corrected chi connectivity index (χ1v) is 7.39. The molecule has 1 aliphatic rings. The van der Waals surface area contributed by atoms with Crippen LogP contribution in [0.2, 0.25) is 0 Å². The number of hydrogen-bond donors (Lipinski definition) is 1. The van der Waals surface area contributed by atoms with Crippen LogP contribution >= 0.6 is 0 Å². The summed E-state index contributed by atoms with van der Waals surface area (Å²) >= 11 is 0. The number of morpholine rings is 1. The maximum atomic E-state index is 11.6. The minimum Gasteiger partial charge on any atom is -0.381 e. The van der Waals surface area contributed by atoms with Crippen molar-refractivity contribution < 1.29 is 9.53 Å². The molecule has 1 fully saturated rings. The van der Waals surface area contributed by atoms with E-state index < -0.39 is 0 Å². The fraction of sp³-hybridized carbons (Fsp3) is 0.562. The quantitative estimate of drug-likeness (QED) is 0.810. The second kappa shape index (κ2) is 7.41. The van der Waals surface area contributed by atoms with Gasteiger partial charge >= 0.3 is 0 Å². The van der Waals surface area contributed by atoms with Gasteiger partial charge in [0.1, 0.15) is 0 Å². The number of Topliss-reactive ketones (excluding diaryl/α,β-unsaturated/α-hetero) is 1. The maximum absolute atomic E-state index is 11.6. The first kappa shape index (κ1) is 15.0. The van der Waals surface area contributed by atoms with E-state index in [0.717, 1.165) is 44.1 Å². The summed E-state index contributed by atoms with van der Waals surface area (Å²) in [5.41, 5.74) is 1.86. The van der Waals surface area contributed by atoms with Crippen LogP contribution in [0.1, 0.15) is 30.6 Å². The molecule has 0 radical (unpaired) electrons. The Morgan fingerprint density at radius 3 is 2.55 bits per heavy atom. The minimum absolute atomic E-state index is 0.193. The van der Waals surface area contributed by atoms with Gasteiger partial charge in [-0.2, -0.15) is 0 Å². The van der Waals surface area contributed by atoms with Gasteiger partial charge in [0.2, 0.25) is 0 Å². The zero-order chi connectivity index (χ0) is 14.4. The molecule has 1 aromatic rings. The zero-order valence-electron chi connectivity index (χ0n) is 12.4. The number of ketones is 1. The molecule has 110 valence electrons. The molecule has 2 rings (SSSR count). The van der Waals surface area contributed by atoms with Crippen LogP contribution in [-0.2, 0) is 4.74 Å². The van der Waals surface area contributed by atoms with Gasteiger partial charge in [-0.25, -0.2) is 0 Å². The van der Waals surface area contributed by atoms with Crippen LogP contribution in [0.4, 0.5) is 5.69 Å². The van der Waals surface area contributed by atoms with Gasteiger partial charge in [-0.15, -0.1) is 0 Å². The van der Waals surface area contributed by atoms with Gasteiger partial charge in [0, 0.05) is 43.3 Å². The van der Waals surface area contributed by atoms with Gasteiger partial charge < -0.3 is 10.1 Å². The Kier molecular flexibility index (Phi) is 5.56. The van der Waals surface area contributed by atoms with E-state index in [1.807, 2.05) is 31.2 Å². The first-order valence-electron chi connectivity index (χ1n) is 7.39. The normalized spacial score (nSPS) is 17.7. The van der Waals surface area contributed by atoms with E-state index in [0.29, 0.717) is 12.5 Å². The molecule has 1 saturated heterocycles. The van der Waals surface area contributed by atoms with Crippen molar-refractivity contribution in [3.05, 3.63) is 29.8 Å². The van der Waals surface area contributed by atoms with Crippen LogP contribution in [0.3, 0.4) is 0 Å². The maximum Gasteiger partial charge on any atom is 0.162 e. The molecule has 0 aliphatic carbocycles. The Hall–Kier alpha value is -1.39. The van der Waals surface area contributed by atoms with E-state index in [-0.39, 0.29) is 5.78 Å². The molecule has 0 spiro atoms. The molecule has 4 heteroatoms. The Morgan fingerprint density at radius 1 is 1.30 bits per heavy atom. The Morgan fingerprint density at radius 2 is 1.95 bits per heavy atom. The number of benzene rings is 1. The highest BCUT2D eigenvalue weighted by Crippen LogP contribution is 2.13. The van der Waals surface area contributed by atoms with Crippen molar-refractivity contribution in [1.82, 2.24) is 4.90 Å². The van der Waals surface area contributed by atoms with Gasteiger partial charge in [-0.1, -0.05) is 6.92 Å². The third-order valence-corrected chi connectivity index (χ3v) is 3.58. The van der Waals surface area contributed by atoms with E-state index >= 15 is 0 Å². The van der Waals surface area contributed by atoms with Crippen molar-refractivity contribution in [3.63, 3.8) is 0 Å². The number of anilines is 1. The standard InChI is InChI=1S/C16H24N2O2/c1-3-16(19)14-4-6-15(7-5-14)17-13(2)12-18-8-10-20-11-9-18/h4-7,13,17H,3,8-12H2,1-2H3. The third kappa shape index (κ3) is 4.32. The Labute approximate surface area is 121 Å². The molecule has 0 amide bonds. The van der Waals surface area contributed by atoms with Gasteiger partial charge in [0.15, 0.2) is 5.78 Å². The van der Waals surface area contributed by atoms with Gasteiger partial charge in [0.05, 0.1) is 13.2 Å². The van der Waals surface area contributed by atoms with Crippen molar-refractivity contribution in [1.29, 1.82) is 0 Å². The number of carbonyl (C=O) groups is 1. The topological polar surface area (TPSA) is 41.6 Å². The Balaban J connectivity index is 1.84. The van der Waals surface area contributed by atoms with Crippen LogP contribution in [-0.4, -0.2) is 49.6 Å². The number of nitrogens with zero attached hydrogens (tertiary/aromatic N) is 1. The highest BCUT2D eigenvalue weighted by Gasteiger charge is 2.13. The van der Waals surface area contributed by atoms with Crippen LogP contribution < -0.4 is 5.32 Å². The van der Waals surface area contributed by atoms with Crippen LogP contribution in [0.25, 0.3) is 0 Å². The minimum atomic E-state index is 0.193. The van der Waals surface area contributed by atoms with Crippen LogP contribution in [0, 0.1) is 0 Å². The zero-order valence-corrected chi connectivity index (χ0v) is 12.4. The highest BCUT2D eigenvalue weighted by atomic mass is 16.5. The fourth-order valence-corrected chi connectivity index (χ4v) is 2.46. The summed E-state index contributed by atoms with van der Waals surface area (Å²) in [6.45, 7) is 8.77. The molecule has 1 atom stereocenters. The van der Waals surface area contributed by atoms with E-state index in [9.17, 15) is 4.79 Å². The van der Waals surface area contributed by atoms with Crippen molar-refractivity contribution in [3.8, 4) is 0 Å². The van der Waals surface area contributed by atoms with Crippen molar-refractivity contribution in [2.45, 2.75) is 26.3 Å². The molecule has 1 aliphatic heterocycles. The molecule has 0 bridgehead atoms. The molecule has 0 aromatic heterocycles. The third-order valence-electron chi connectivity index (χ3n) is 3.58. The monoisotopic (exact) mass is 276 g/mol. The predicted octanol–water partition coefficient (Wildman–Crippen LogP) is 2.41. The van der Waals surface area contributed by atoms with E-state index in [1.165, 1.54) is 0 Å². The number of hydrogen-bond acceptors (Lipinski definition) is 4. The Bertz CT molecular complexity index is 425. The summed E-state index contributed by atoms with van der Waals surface area (Å²) in [6.07, 6.45) is 0.556. The number of nitrogens with one attached hydrogen (secondary N) is 1. The second-order valence-electron chi connectivity index (χ2n) is 5.31. The number of rotatable bonds is 6. The molecule has 20 heavy (non-hydrogen) atoms. The summed E-state index contributed by atoms with van der Waals surface area (Å²) in [5, 5.41) is 3.48. The predicted molar refractivity (Wildman–Crippen MR) is 81.4 cm³/mol. The lowest BCUT2D eigenvalue weighted by molar-refractivity contribution is 0.0368. The lowest BCUT2D eigenvalue weighted by atomic mass is 10.1. The van der Waals surface area contributed by atoms with E-state index in [1.54, 1.807) is 0 Å². The average Bonchev–Trinajstić information content (AvgIpc) is 2.48. The number of carbonyl (C=O) groups excluding carboxylic acids is 1. The van der Waals surface area contributed by atoms with Crippen LogP contribution in [0.5, 0.6) is 0 Å². The summed E-state index contributed by atoms with van der Waals surface area (Å²) in [7, 11) is 0. The molecular formula is C16H24N2O2. The fourth-order valence-electron chi connectivity index (χ4n) is 2.46. The van der Waals surface area contributed by atoms with Crippen molar-refractivity contribution in [2.24, 2.45) is 0 Å². The molecule has 0 saturated carbocycles. The molecule has 1 aromatic carbocycles. The number of ether oxygens (including phenoxy) is 1. The summed E-state index contributed by atoms with van der Waals surface area (Å²) in [6, 6.07) is 8.14. The van der Waals surface area contributed by atoms with Crippen LogP contribution in [0.15, 0.2) is 24.3 Å². The van der Waals surface area contributed by atoms with Gasteiger partial charge in [-0.3, -0.25) is 9.69 Å². The van der Waals surface area contributed by atoms with Crippen molar-refractivity contribution >= 4 is 11.5 Å². The van der Waals surface area contributed by atoms with Gasteiger partial charge in [0.25, 0.3) is 0 Å². The second-order valence-corrected chi connectivity index (χ2v) is 5.31. The lowest BCUT2D eigenvalue weighted by Crippen LogP contribution is -2.42. The largest absolute Gasteiger partial charge is 0.381 e. The molecule has 1 heterocycles. The highest BCUT2D eigenvalue weighted by molar-refractivity contribution is 5.96. The van der Waals surface area contributed by atoms with E-state index in [4.69, 9.17) is 4.74 Å². The first-order chi connectivity index (χ1) is 9.69.